The molecule has 0 unspecified atom stereocenters. The number of hydrogen-bond acceptors (Lipinski definition) is 4. The minimum atomic E-state index is -0.506. The highest BCUT2D eigenvalue weighted by Crippen LogP contribution is 2.40. The van der Waals surface area contributed by atoms with E-state index in [1.165, 1.54) is 41.0 Å². The second-order valence-electron chi connectivity index (χ2n) is 4.18. The predicted molar refractivity (Wildman–Crippen MR) is 81.7 cm³/mol. The van der Waals surface area contributed by atoms with Crippen LogP contribution in [0.1, 0.15) is 0 Å². The first-order chi connectivity index (χ1) is 9.99. The smallest absolute Gasteiger partial charge is 0.269 e. The van der Waals surface area contributed by atoms with Crippen LogP contribution in [0.4, 0.5) is 9.39 Å². The topological polar surface area (TPSA) is 65.1 Å². The highest BCUT2D eigenvalue weighted by atomic mass is 79.9. The Labute approximate surface area is 129 Å². The number of thiophene rings is 1. The fourth-order valence-electron chi connectivity index (χ4n) is 1.99. The molecule has 2 aromatic heterocycles. The summed E-state index contributed by atoms with van der Waals surface area (Å²) in [4.78, 5) is 23.0. The molecule has 0 aliphatic rings. The van der Waals surface area contributed by atoms with Crippen LogP contribution in [-0.2, 0) is 0 Å². The van der Waals surface area contributed by atoms with Crippen molar-refractivity contribution in [1.29, 1.82) is 0 Å². The maximum Gasteiger partial charge on any atom is 0.340 e. The van der Waals surface area contributed by atoms with E-state index in [4.69, 9.17) is 0 Å². The molecule has 0 saturated heterocycles. The summed E-state index contributed by atoms with van der Waals surface area (Å²) >= 11 is 4.08. The molecule has 0 bridgehead atoms. The molecule has 0 fully saturated rings. The summed E-state index contributed by atoms with van der Waals surface area (Å²) in [5.74, 6) is -0.419. The fourth-order valence-corrected chi connectivity index (χ4v) is 3.86. The van der Waals surface area contributed by atoms with E-state index in [-0.39, 0.29) is 10.6 Å². The van der Waals surface area contributed by atoms with Crippen molar-refractivity contribution in [3.8, 4) is 5.69 Å². The van der Waals surface area contributed by atoms with Crippen LogP contribution in [0.25, 0.3) is 15.9 Å². The van der Waals surface area contributed by atoms with Crippen molar-refractivity contribution in [2.24, 2.45) is 0 Å². The zero-order valence-electron chi connectivity index (χ0n) is 10.2. The lowest BCUT2D eigenvalue weighted by Gasteiger charge is -2.06. The number of hydrogen-bond donors (Lipinski definition) is 0. The molecular formula is C13H6BrFN2O3S. The Hall–Kier alpha value is -2.06. The van der Waals surface area contributed by atoms with Crippen LogP contribution in [0.2, 0.25) is 0 Å². The van der Waals surface area contributed by atoms with Crippen LogP contribution >= 0.6 is 27.3 Å². The van der Waals surface area contributed by atoms with Gasteiger partial charge in [-0.1, -0.05) is 0 Å². The van der Waals surface area contributed by atoms with Crippen molar-refractivity contribution in [3.63, 3.8) is 0 Å². The van der Waals surface area contributed by atoms with Crippen molar-refractivity contribution in [1.82, 2.24) is 4.57 Å². The first kappa shape index (κ1) is 13.9. The van der Waals surface area contributed by atoms with Gasteiger partial charge in [-0.3, -0.25) is 19.5 Å². The van der Waals surface area contributed by atoms with E-state index in [9.17, 15) is 19.3 Å². The molecule has 0 aliphatic carbocycles. The molecule has 21 heavy (non-hydrogen) atoms. The molecule has 0 spiro atoms. The molecule has 0 N–H and O–H groups in total. The zero-order valence-corrected chi connectivity index (χ0v) is 12.6. The van der Waals surface area contributed by atoms with Gasteiger partial charge >= 0.3 is 5.00 Å². The van der Waals surface area contributed by atoms with E-state index in [0.717, 1.165) is 11.3 Å². The monoisotopic (exact) mass is 368 g/mol. The van der Waals surface area contributed by atoms with Gasteiger partial charge in [-0.2, -0.15) is 0 Å². The largest absolute Gasteiger partial charge is 0.340 e. The Morgan fingerprint density at radius 2 is 1.86 bits per heavy atom. The Morgan fingerprint density at radius 1 is 1.19 bits per heavy atom. The lowest BCUT2D eigenvalue weighted by atomic mass is 10.3. The Kier molecular flexibility index (Phi) is 3.34. The summed E-state index contributed by atoms with van der Waals surface area (Å²) in [6.07, 6.45) is 0. The molecule has 0 atom stereocenters. The van der Waals surface area contributed by atoms with Gasteiger partial charge in [0.2, 0.25) is 0 Å². The lowest BCUT2D eigenvalue weighted by Crippen LogP contribution is -2.16. The number of benzene rings is 1. The molecule has 0 saturated carbocycles. The van der Waals surface area contributed by atoms with Gasteiger partial charge in [-0.05, 0) is 57.6 Å². The fraction of sp³-hybridized carbons (Fsp3) is 0. The summed E-state index contributed by atoms with van der Waals surface area (Å²) in [6, 6.07) is 8.23. The second-order valence-corrected chi connectivity index (χ2v) is 5.95. The highest BCUT2D eigenvalue weighted by molar-refractivity contribution is 9.10. The minimum Gasteiger partial charge on any atom is -0.269 e. The molecule has 5 nitrogen and oxygen atoms in total. The number of fused-ring (bicyclic) bond motifs is 1. The molecule has 3 aromatic rings. The van der Waals surface area contributed by atoms with E-state index in [1.54, 1.807) is 0 Å². The lowest BCUT2D eigenvalue weighted by molar-refractivity contribution is -0.380. The van der Waals surface area contributed by atoms with Crippen LogP contribution < -0.4 is 5.56 Å². The van der Waals surface area contributed by atoms with E-state index >= 15 is 0 Å². The van der Waals surface area contributed by atoms with Gasteiger partial charge in [0.15, 0.2) is 0 Å². The standard InChI is InChI=1S/C13H6BrFN2O3S/c14-11-9-5-6-10(18)16(8-3-1-7(15)2-4-8)12(9)21-13(11)17(19)20/h1-6H. The summed E-state index contributed by atoms with van der Waals surface area (Å²) < 4.78 is 14.7. The van der Waals surface area contributed by atoms with Crippen molar-refractivity contribution in [3.05, 3.63) is 67.2 Å². The van der Waals surface area contributed by atoms with Gasteiger partial charge in [0.25, 0.3) is 5.56 Å². The van der Waals surface area contributed by atoms with Gasteiger partial charge in [-0.15, -0.1) is 0 Å². The van der Waals surface area contributed by atoms with Crippen molar-refractivity contribution < 1.29 is 9.31 Å². The second kappa shape index (κ2) is 5.05. The average molecular weight is 369 g/mol. The maximum absolute atomic E-state index is 13.0. The summed E-state index contributed by atoms with van der Waals surface area (Å²) in [5.41, 5.74) is 0.119. The average Bonchev–Trinajstić information content (AvgIpc) is 2.78. The Morgan fingerprint density at radius 3 is 2.48 bits per heavy atom. The first-order valence-corrected chi connectivity index (χ1v) is 7.34. The Balaban J connectivity index is 2.39. The number of nitrogens with zero attached hydrogens (tertiary/aromatic N) is 2. The number of aromatic nitrogens is 1. The van der Waals surface area contributed by atoms with Crippen LogP contribution in [-0.4, -0.2) is 9.49 Å². The normalized spacial score (nSPS) is 11.0. The molecule has 1 aromatic carbocycles. The molecule has 0 amide bonds. The first-order valence-electron chi connectivity index (χ1n) is 5.73. The number of rotatable bonds is 2. The van der Waals surface area contributed by atoms with Gasteiger partial charge in [0.1, 0.15) is 15.1 Å². The van der Waals surface area contributed by atoms with E-state index in [1.807, 2.05) is 0 Å². The number of nitro groups is 1. The van der Waals surface area contributed by atoms with E-state index in [0.29, 0.717) is 20.4 Å². The molecule has 0 radical (unpaired) electrons. The Bertz CT molecular complexity index is 918. The summed E-state index contributed by atoms with van der Waals surface area (Å²) in [5, 5.41) is 11.5. The van der Waals surface area contributed by atoms with E-state index in [2.05, 4.69) is 15.9 Å². The van der Waals surface area contributed by atoms with Gasteiger partial charge in [0.05, 0.1) is 10.6 Å². The van der Waals surface area contributed by atoms with Crippen molar-refractivity contribution >= 4 is 42.5 Å². The van der Waals surface area contributed by atoms with Gasteiger partial charge in [0, 0.05) is 11.5 Å². The minimum absolute atomic E-state index is 0.0774. The molecular weight excluding hydrogens is 363 g/mol. The van der Waals surface area contributed by atoms with Gasteiger partial charge in [-0.25, -0.2) is 4.39 Å². The van der Waals surface area contributed by atoms with Crippen LogP contribution in [0.5, 0.6) is 0 Å². The van der Waals surface area contributed by atoms with Crippen LogP contribution in [0.3, 0.4) is 0 Å². The third-order valence-electron chi connectivity index (χ3n) is 2.91. The summed E-state index contributed by atoms with van der Waals surface area (Å²) in [6.45, 7) is 0. The third-order valence-corrected chi connectivity index (χ3v) is 5.12. The predicted octanol–water partition coefficient (Wildman–Crippen LogP) is 3.86. The quantitative estimate of drug-likeness (QED) is 0.509. The van der Waals surface area contributed by atoms with Crippen LogP contribution in [0.15, 0.2) is 45.7 Å². The molecule has 3 rings (SSSR count). The molecule has 106 valence electrons. The van der Waals surface area contributed by atoms with Gasteiger partial charge < -0.3 is 0 Å². The number of pyridine rings is 1. The maximum atomic E-state index is 13.0. The van der Waals surface area contributed by atoms with Crippen molar-refractivity contribution in [2.45, 2.75) is 0 Å². The summed E-state index contributed by atoms with van der Waals surface area (Å²) in [7, 11) is 0. The van der Waals surface area contributed by atoms with E-state index < -0.39 is 10.7 Å². The van der Waals surface area contributed by atoms with Crippen molar-refractivity contribution in [2.75, 3.05) is 0 Å². The number of halogens is 2. The molecule has 8 heteroatoms. The zero-order chi connectivity index (χ0) is 15.1. The molecule has 0 aliphatic heterocycles. The highest BCUT2D eigenvalue weighted by Gasteiger charge is 2.22. The molecule has 2 heterocycles. The SMILES string of the molecule is O=c1ccc2c(Br)c([N+](=O)[O-])sc2n1-c1ccc(F)cc1. The van der Waals surface area contributed by atoms with Crippen LogP contribution in [0, 0.1) is 15.9 Å². The third kappa shape index (κ3) is 2.26.